The van der Waals surface area contributed by atoms with Gasteiger partial charge in [-0.1, -0.05) is 6.92 Å². The quantitative estimate of drug-likeness (QED) is 0.826. The lowest BCUT2D eigenvalue weighted by atomic mass is 10.1. The summed E-state index contributed by atoms with van der Waals surface area (Å²) in [6, 6.07) is 7.96. The van der Waals surface area contributed by atoms with Crippen LogP contribution in [0.5, 0.6) is 0 Å². The van der Waals surface area contributed by atoms with Gasteiger partial charge in [0.15, 0.2) is 0 Å². The Hall–Kier alpha value is -1.39. The molecular formula is C17H21FN2S. The number of thiophene rings is 1. The van der Waals surface area contributed by atoms with E-state index in [1.807, 2.05) is 6.07 Å². The minimum Gasteiger partial charge on any atom is -0.364 e. The van der Waals surface area contributed by atoms with Gasteiger partial charge in [-0.05, 0) is 65.5 Å². The molecular weight excluding hydrogens is 283 g/mol. The number of halogens is 1. The molecule has 1 aliphatic carbocycles. The summed E-state index contributed by atoms with van der Waals surface area (Å²) in [5.41, 5.74) is 3.57. The van der Waals surface area contributed by atoms with E-state index in [4.69, 9.17) is 0 Å². The first-order chi connectivity index (χ1) is 10.3. The predicted molar refractivity (Wildman–Crippen MR) is 87.3 cm³/mol. The third kappa shape index (κ3) is 3.63. The molecule has 1 aromatic heterocycles. The van der Waals surface area contributed by atoms with Crippen LogP contribution in [0.15, 0.2) is 35.0 Å². The molecule has 3 rings (SSSR count). The fourth-order valence-electron chi connectivity index (χ4n) is 2.61. The lowest BCUT2D eigenvalue weighted by molar-refractivity contribution is 0.620. The highest BCUT2D eigenvalue weighted by Crippen LogP contribution is 2.35. The number of benzene rings is 1. The van der Waals surface area contributed by atoms with Crippen molar-refractivity contribution >= 4 is 17.0 Å². The van der Waals surface area contributed by atoms with Crippen LogP contribution in [0.3, 0.4) is 0 Å². The van der Waals surface area contributed by atoms with E-state index in [0.29, 0.717) is 6.04 Å². The van der Waals surface area contributed by atoms with Gasteiger partial charge in [0.05, 0.1) is 0 Å². The van der Waals surface area contributed by atoms with Crippen molar-refractivity contribution in [3.05, 3.63) is 52.0 Å². The van der Waals surface area contributed by atoms with Crippen LogP contribution >= 0.6 is 11.3 Å². The van der Waals surface area contributed by atoms with E-state index in [9.17, 15) is 4.39 Å². The maximum Gasteiger partial charge on any atom is 0.123 e. The standard InChI is InChI=1S/C17H21FN2S/c1-2-19-10-14-9-15(18)3-6-17(14)20(16-4-5-16)11-13-7-8-21-12-13/h3,6-9,12,16,19H,2,4-5,10-11H2,1H3. The summed E-state index contributed by atoms with van der Waals surface area (Å²) in [5, 5.41) is 7.63. The van der Waals surface area contributed by atoms with Crippen molar-refractivity contribution in [1.82, 2.24) is 5.32 Å². The van der Waals surface area contributed by atoms with E-state index in [1.54, 1.807) is 23.5 Å². The van der Waals surface area contributed by atoms with Crippen LogP contribution in [-0.4, -0.2) is 12.6 Å². The van der Waals surface area contributed by atoms with Gasteiger partial charge in [-0.25, -0.2) is 4.39 Å². The van der Waals surface area contributed by atoms with Gasteiger partial charge in [0.25, 0.3) is 0 Å². The van der Waals surface area contributed by atoms with Crippen LogP contribution < -0.4 is 10.2 Å². The van der Waals surface area contributed by atoms with Gasteiger partial charge in [0, 0.05) is 24.8 Å². The molecule has 1 aliphatic rings. The van der Waals surface area contributed by atoms with Gasteiger partial charge >= 0.3 is 0 Å². The van der Waals surface area contributed by atoms with Gasteiger partial charge in [0.1, 0.15) is 5.82 Å². The second kappa shape index (κ2) is 6.58. The molecule has 1 heterocycles. The fourth-order valence-corrected chi connectivity index (χ4v) is 3.27. The molecule has 4 heteroatoms. The second-order valence-electron chi connectivity index (χ2n) is 5.54. The number of anilines is 1. The Morgan fingerprint density at radius 2 is 2.19 bits per heavy atom. The number of rotatable bonds is 7. The highest BCUT2D eigenvalue weighted by molar-refractivity contribution is 7.07. The monoisotopic (exact) mass is 304 g/mol. The first-order valence-electron chi connectivity index (χ1n) is 7.54. The molecule has 0 radical (unpaired) electrons. The van der Waals surface area contributed by atoms with Crippen LogP contribution in [0, 0.1) is 5.82 Å². The largest absolute Gasteiger partial charge is 0.364 e. The zero-order valence-electron chi connectivity index (χ0n) is 12.3. The van der Waals surface area contributed by atoms with E-state index < -0.39 is 0 Å². The maximum atomic E-state index is 13.6. The van der Waals surface area contributed by atoms with E-state index in [1.165, 1.54) is 24.1 Å². The third-order valence-corrected chi connectivity index (χ3v) is 4.57. The normalized spacial score (nSPS) is 14.4. The van der Waals surface area contributed by atoms with Gasteiger partial charge in [-0.2, -0.15) is 11.3 Å². The average molecular weight is 304 g/mol. The van der Waals surface area contributed by atoms with Gasteiger partial charge < -0.3 is 10.2 Å². The van der Waals surface area contributed by atoms with Crippen LogP contribution in [-0.2, 0) is 13.1 Å². The summed E-state index contributed by atoms with van der Waals surface area (Å²) in [7, 11) is 0. The van der Waals surface area contributed by atoms with Crippen molar-refractivity contribution in [3.8, 4) is 0 Å². The number of nitrogens with one attached hydrogen (secondary N) is 1. The van der Waals surface area contributed by atoms with E-state index in [-0.39, 0.29) is 5.82 Å². The summed E-state index contributed by atoms with van der Waals surface area (Å²) < 4.78 is 13.6. The number of nitrogens with zero attached hydrogens (tertiary/aromatic N) is 1. The Kier molecular flexibility index (Phi) is 4.56. The summed E-state index contributed by atoms with van der Waals surface area (Å²) in [4.78, 5) is 2.44. The molecule has 0 saturated heterocycles. The second-order valence-corrected chi connectivity index (χ2v) is 6.32. The number of hydrogen-bond acceptors (Lipinski definition) is 3. The van der Waals surface area contributed by atoms with Crippen LogP contribution in [0.4, 0.5) is 10.1 Å². The topological polar surface area (TPSA) is 15.3 Å². The lowest BCUT2D eigenvalue weighted by Crippen LogP contribution is -2.27. The molecule has 112 valence electrons. The van der Waals surface area contributed by atoms with Crippen LogP contribution in [0.25, 0.3) is 0 Å². The lowest BCUT2D eigenvalue weighted by Gasteiger charge is -2.27. The Bertz CT molecular complexity index is 578. The Balaban J connectivity index is 1.87. The molecule has 0 unspecified atom stereocenters. The minimum atomic E-state index is -0.155. The fraction of sp³-hybridized carbons (Fsp3) is 0.412. The summed E-state index contributed by atoms with van der Waals surface area (Å²) in [6.45, 7) is 4.60. The van der Waals surface area contributed by atoms with Crippen molar-refractivity contribution in [3.63, 3.8) is 0 Å². The molecule has 21 heavy (non-hydrogen) atoms. The van der Waals surface area contributed by atoms with Crippen molar-refractivity contribution in [2.45, 2.75) is 38.9 Å². The SMILES string of the molecule is CCNCc1cc(F)ccc1N(Cc1ccsc1)C1CC1. The molecule has 0 bridgehead atoms. The number of hydrogen-bond donors (Lipinski definition) is 1. The Labute approximate surface area is 129 Å². The Morgan fingerprint density at radius 1 is 1.33 bits per heavy atom. The zero-order valence-corrected chi connectivity index (χ0v) is 13.1. The van der Waals surface area contributed by atoms with Gasteiger partial charge in [0.2, 0.25) is 0 Å². The molecule has 1 fully saturated rings. The van der Waals surface area contributed by atoms with Gasteiger partial charge in [-0.15, -0.1) is 0 Å². The molecule has 1 saturated carbocycles. The smallest absolute Gasteiger partial charge is 0.123 e. The zero-order chi connectivity index (χ0) is 14.7. The van der Waals surface area contributed by atoms with E-state index in [2.05, 4.69) is 34.0 Å². The molecule has 0 amide bonds. The summed E-state index contributed by atoms with van der Waals surface area (Å²) in [5.74, 6) is -0.155. The van der Waals surface area contributed by atoms with Crippen molar-refractivity contribution in [2.24, 2.45) is 0 Å². The highest BCUT2D eigenvalue weighted by Gasteiger charge is 2.30. The third-order valence-electron chi connectivity index (χ3n) is 3.84. The van der Waals surface area contributed by atoms with Gasteiger partial charge in [-0.3, -0.25) is 0 Å². The summed E-state index contributed by atoms with van der Waals surface area (Å²) >= 11 is 1.73. The molecule has 2 nitrogen and oxygen atoms in total. The van der Waals surface area contributed by atoms with E-state index >= 15 is 0 Å². The van der Waals surface area contributed by atoms with E-state index in [0.717, 1.165) is 25.2 Å². The predicted octanol–water partition coefficient (Wildman–Crippen LogP) is 4.17. The highest BCUT2D eigenvalue weighted by atomic mass is 32.1. The maximum absolute atomic E-state index is 13.6. The Morgan fingerprint density at radius 3 is 2.86 bits per heavy atom. The first-order valence-corrected chi connectivity index (χ1v) is 8.49. The van der Waals surface area contributed by atoms with Crippen molar-refractivity contribution in [1.29, 1.82) is 0 Å². The van der Waals surface area contributed by atoms with Crippen molar-refractivity contribution < 1.29 is 4.39 Å². The minimum absolute atomic E-state index is 0.155. The average Bonchev–Trinajstić information content (AvgIpc) is 3.20. The molecule has 1 aromatic carbocycles. The molecule has 1 N–H and O–H groups in total. The summed E-state index contributed by atoms with van der Waals surface area (Å²) in [6.07, 6.45) is 2.48. The van der Waals surface area contributed by atoms with Crippen LogP contribution in [0.1, 0.15) is 30.9 Å². The van der Waals surface area contributed by atoms with Crippen molar-refractivity contribution in [2.75, 3.05) is 11.4 Å². The molecule has 2 aromatic rings. The first kappa shape index (κ1) is 14.5. The molecule has 0 spiro atoms. The van der Waals surface area contributed by atoms with Crippen LogP contribution in [0.2, 0.25) is 0 Å². The molecule has 0 aliphatic heterocycles. The molecule has 0 atom stereocenters.